The van der Waals surface area contributed by atoms with Crippen LogP contribution in [0.3, 0.4) is 0 Å². The predicted molar refractivity (Wildman–Crippen MR) is 108 cm³/mol. The van der Waals surface area contributed by atoms with Gasteiger partial charge in [-0.15, -0.1) is 0 Å². The molecule has 1 N–H and O–H groups in total. The second kappa shape index (κ2) is 8.80. The molecule has 29 heavy (non-hydrogen) atoms. The van der Waals surface area contributed by atoms with Gasteiger partial charge in [-0.2, -0.15) is 0 Å². The standard InChI is InChI=1S/C23H28FN3O2/c24-18-12-10-17(11-13-18)15-27-21(28)16-26-14-6-9-20(26)22(27)23(29)25-19-7-4-2-1-3-5-8-19/h6,9-14,19,22H,1-5,7-8,15-16H2,(H,25,29). The van der Waals surface area contributed by atoms with Gasteiger partial charge in [-0.05, 0) is 42.7 Å². The number of amides is 2. The van der Waals surface area contributed by atoms with E-state index < -0.39 is 6.04 Å². The number of fused-ring (bicyclic) bond motifs is 1. The zero-order chi connectivity index (χ0) is 20.2. The van der Waals surface area contributed by atoms with Crippen LogP contribution < -0.4 is 5.32 Å². The highest BCUT2D eigenvalue weighted by molar-refractivity contribution is 5.90. The molecule has 0 saturated heterocycles. The van der Waals surface area contributed by atoms with E-state index in [0.717, 1.165) is 36.9 Å². The lowest BCUT2D eigenvalue weighted by molar-refractivity contribution is -0.144. The first-order chi connectivity index (χ1) is 14.1. The number of aromatic nitrogens is 1. The van der Waals surface area contributed by atoms with Gasteiger partial charge in [0.2, 0.25) is 11.8 Å². The van der Waals surface area contributed by atoms with Crippen molar-refractivity contribution in [2.24, 2.45) is 0 Å². The quantitative estimate of drug-likeness (QED) is 0.850. The fourth-order valence-corrected chi connectivity index (χ4v) is 4.48. The van der Waals surface area contributed by atoms with Crippen molar-refractivity contribution in [1.82, 2.24) is 14.8 Å². The second-order valence-corrected chi connectivity index (χ2v) is 8.16. The molecule has 1 unspecified atom stereocenters. The first-order valence-electron chi connectivity index (χ1n) is 10.6. The summed E-state index contributed by atoms with van der Waals surface area (Å²) in [6, 6.07) is 9.39. The van der Waals surface area contributed by atoms with Crippen molar-refractivity contribution in [2.45, 2.75) is 70.1 Å². The molecule has 1 atom stereocenters. The molecule has 154 valence electrons. The molecule has 1 aromatic heterocycles. The van der Waals surface area contributed by atoms with Crippen LogP contribution in [0.4, 0.5) is 4.39 Å². The Bertz CT molecular complexity index is 853. The number of carbonyl (C=O) groups excluding carboxylic acids is 2. The van der Waals surface area contributed by atoms with Crippen LogP contribution in [0.25, 0.3) is 0 Å². The van der Waals surface area contributed by atoms with E-state index >= 15 is 0 Å². The number of rotatable bonds is 4. The fraction of sp³-hybridized carbons (Fsp3) is 0.478. The van der Waals surface area contributed by atoms with Gasteiger partial charge in [-0.25, -0.2) is 4.39 Å². The first kappa shape index (κ1) is 19.7. The van der Waals surface area contributed by atoms with Gasteiger partial charge in [0.25, 0.3) is 0 Å². The Hall–Kier alpha value is -2.63. The molecule has 5 nitrogen and oxygen atoms in total. The van der Waals surface area contributed by atoms with E-state index in [-0.39, 0.29) is 36.8 Å². The van der Waals surface area contributed by atoms with E-state index in [1.807, 2.05) is 22.9 Å². The van der Waals surface area contributed by atoms with Crippen LogP contribution in [-0.4, -0.2) is 27.3 Å². The van der Waals surface area contributed by atoms with Crippen LogP contribution in [0.2, 0.25) is 0 Å². The second-order valence-electron chi connectivity index (χ2n) is 8.16. The van der Waals surface area contributed by atoms with Crippen molar-refractivity contribution in [1.29, 1.82) is 0 Å². The van der Waals surface area contributed by atoms with Crippen molar-refractivity contribution in [2.75, 3.05) is 0 Å². The number of benzene rings is 1. The van der Waals surface area contributed by atoms with E-state index in [1.54, 1.807) is 17.0 Å². The van der Waals surface area contributed by atoms with Crippen LogP contribution in [0.5, 0.6) is 0 Å². The fourth-order valence-electron chi connectivity index (χ4n) is 4.48. The van der Waals surface area contributed by atoms with Gasteiger partial charge in [-0.3, -0.25) is 9.59 Å². The Morgan fingerprint density at radius 3 is 2.45 bits per heavy atom. The summed E-state index contributed by atoms with van der Waals surface area (Å²) in [4.78, 5) is 27.9. The first-order valence-corrected chi connectivity index (χ1v) is 10.6. The Morgan fingerprint density at radius 2 is 1.72 bits per heavy atom. The monoisotopic (exact) mass is 397 g/mol. The third kappa shape index (κ3) is 4.52. The maximum Gasteiger partial charge on any atom is 0.249 e. The minimum atomic E-state index is -0.665. The minimum Gasteiger partial charge on any atom is -0.351 e. The highest BCUT2D eigenvalue weighted by Gasteiger charge is 2.38. The molecule has 6 heteroatoms. The van der Waals surface area contributed by atoms with Gasteiger partial charge in [0.1, 0.15) is 12.4 Å². The van der Waals surface area contributed by atoms with Crippen LogP contribution in [-0.2, 0) is 22.7 Å². The molecule has 1 fully saturated rings. The number of hydrogen-bond donors (Lipinski definition) is 1. The summed E-state index contributed by atoms with van der Waals surface area (Å²) >= 11 is 0. The van der Waals surface area contributed by atoms with Crippen molar-refractivity contribution in [3.05, 3.63) is 59.7 Å². The summed E-state index contributed by atoms with van der Waals surface area (Å²) < 4.78 is 15.1. The molecule has 2 amide bonds. The van der Waals surface area contributed by atoms with E-state index in [0.29, 0.717) is 0 Å². The Balaban J connectivity index is 1.56. The number of nitrogens with zero attached hydrogens (tertiary/aromatic N) is 2. The predicted octanol–water partition coefficient (Wildman–Crippen LogP) is 3.94. The summed E-state index contributed by atoms with van der Waals surface area (Å²) in [6.07, 6.45) is 9.79. The molecular formula is C23H28FN3O2. The van der Waals surface area contributed by atoms with Gasteiger partial charge in [-0.1, -0.05) is 44.2 Å². The maximum atomic E-state index is 13.3. The largest absolute Gasteiger partial charge is 0.351 e. The number of halogens is 1. The highest BCUT2D eigenvalue weighted by Crippen LogP contribution is 2.29. The number of nitrogens with one attached hydrogen (secondary N) is 1. The number of hydrogen-bond acceptors (Lipinski definition) is 2. The summed E-state index contributed by atoms with van der Waals surface area (Å²) in [7, 11) is 0. The minimum absolute atomic E-state index is 0.101. The Morgan fingerprint density at radius 1 is 1.03 bits per heavy atom. The van der Waals surface area contributed by atoms with Gasteiger partial charge in [0.15, 0.2) is 6.04 Å². The van der Waals surface area contributed by atoms with Gasteiger partial charge < -0.3 is 14.8 Å². The topological polar surface area (TPSA) is 54.3 Å². The molecule has 0 bridgehead atoms. The molecular weight excluding hydrogens is 369 g/mol. The zero-order valence-corrected chi connectivity index (χ0v) is 16.6. The molecule has 2 heterocycles. The third-order valence-electron chi connectivity index (χ3n) is 6.05. The molecule has 0 radical (unpaired) electrons. The lowest BCUT2D eigenvalue weighted by atomic mass is 9.96. The van der Waals surface area contributed by atoms with Crippen molar-refractivity contribution >= 4 is 11.8 Å². The lowest BCUT2D eigenvalue weighted by Crippen LogP contribution is -2.50. The smallest absolute Gasteiger partial charge is 0.249 e. The van der Waals surface area contributed by atoms with Crippen LogP contribution >= 0.6 is 0 Å². The van der Waals surface area contributed by atoms with Crippen LogP contribution in [0, 0.1) is 5.82 Å². The van der Waals surface area contributed by atoms with E-state index in [1.165, 1.54) is 31.4 Å². The molecule has 1 saturated carbocycles. The van der Waals surface area contributed by atoms with E-state index in [9.17, 15) is 14.0 Å². The average Bonchev–Trinajstić information content (AvgIpc) is 3.13. The molecule has 2 aromatic rings. The van der Waals surface area contributed by atoms with Crippen molar-refractivity contribution < 1.29 is 14.0 Å². The average molecular weight is 397 g/mol. The maximum absolute atomic E-state index is 13.3. The molecule has 4 rings (SSSR count). The van der Waals surface area contributed by atoms with E-state index in [4.69, 9.17) is 0 Å². The van der Waals surface area contributed by atoms with E-state index in [2.05, 4.69) is 5.32 Å². The molecule has 0 spiro atoms. The van der Waals surface area contributed by atoms with Crippen molar-refractivity contribution in [3.63, 3.8) is 0 Å². The summed E-state index contributed by atoms with van der Waals surface area (Å²) in [6.45, 7) is 0.504. The van der Waals surface area contributed by atoms with Gasteiger partial charge in [0, 0.05) is 18.8 Å². The van der Waals surface area contributed by atoms with Crippen LogP contribution in [0.15, 0.2) is 42.6 Å². The van der Waals surface area contributed by atoms with Gasteiger partial charge >= 0.3 is 0 Å². The lowest BCUT2D eigenvalue weighted by Gasteiger charge is -2.37. The van der Waals surface area contributed by atoms with Crippen LogP contribution in [0.1, 0.15) is 62.2 Å². The summed E-state index contributed by atoms with van der Waals surface area (Å²) in [5, 5.41) is 3.23. The number of carbonyl (C=O) groups is 2. The zero-order valence-electron chi connectivity index (χ0n) is 16.6. The summed E-state index contributed by atoms with van der Waals surface area (Å²) in [5.74, 6) is -0.535. The third-order valence-corrected chi connectivity index (χ3v) is 6.05. The normalized spacial score (nSPS) is 20.7. The molecule has 1 aliphatic carbocycles. The molecule has 1 aromatic carbocycles. The van der Waals surface area contributed by atoms with Gasteiger partial charge in [0.05, 0.1) is 5.69 Å². The molecule has 1 aliphatic heterocycles. The van der Waals surface area contributed by atoms with Crippen molar-refractivity contribution in [3.8, 4) is 0 Å². The molecule has 2 aliphatic rings. The summed E-state index contributed by atoms with van der Waals surface area (Å²) in [5.41, 5.74) is 1.64. The SMILES string of the molecule is O=C(NC1CCCCCCC1)C1c2cccn2CC(=O)N1Cc1ccc(F)cc1. The Kier molecular flexibility index (Phi) is 5.97. The highest BCUT2D eigenvalue weighted by atomic mass is 19.1. The Labute approximate surface area is 170 Å².